The highest BCUT2D eigenvalue weighted by molar-refractivity contribution is 6.21. The maximum absolute atomic E-state index is 13.6. The van der Waals surface area contributed by atoms with Crippen molar-refractivity contribution >= 4 is 17.8 Å². The van der Waals surface area contributed by atoms with E-state index in [0.29, 0.717) is 0 Å². The van der Waals surface area contributed by atoms with E-state index in [0.717, 1.165) is 10.5 Å². The van der Waals surface area contributed by atoms with Crippen LogP contribution in [0.4, 0.5) is 0 Å². The fourth-order valence-electron chi connectivity index (χ4n) is 5.00. The number of nitrogens with zero attached hydrogens (tertiary/aromatic N) is 1. The lowest BCUT2D eigenvalue weighted by molar-refractivity contribution is -0.354. The predicted octanol–water partition coefficient (Wildman–Crippen LogP) is 2.64. The van der Waals surface area contributed by atoms with Crippen molar-refractivity contribution in [2.75, 3.05) is 20.3 Å². The molecule has 2 amide bonds. The molecule has 3 heterocycles. The standard InChI is InChI=1S/C28H29NO9/c1-4-14-34-28-21(29-24(30)18-12-8-9-13-19(18)25(29)31)23(36-16(2)26(32)33-3)22-20(37-28)15-35-27(38-22)17-10-6-5-7-11-17/h4-13,16,20-23,27-28H,1,14-15H2,2-3H3/t16-,20-,21-,22-,23-,27-,28-/m1/s1. The van der Waals surface area contributed by atoms with E-state index in [-0.39, 0.29) is 24.3 Å². The molecular formula is C28H29NO9. The highest BCUT2D eigenvalue weighted by Crippen LogP contribution is 2.40. The molecule has 38 heavy (non-hydrogen) atoms. The highest BCUT2D eigenvalue weighted by Gasteiger charge is 2.57. The topological polar surface area (TPSA) is 110 Å². The molecule has 2 fully saturated rings. The first kappa shape index (κ1) is 26.2. The summed E-state index contributed by atoms with van der Waals surface area (Å²) in [6.45, 7) is 5.42. The second-order valence-corrected chi connectivity index (χ2v) is 9.12. The molecule has 0 spiro atoms. The molecule has 0 bridgehead atoms. The summed E-state index contributed by atoms with van der Waals surface area (Å²) in [5.74, 6) is -1.66. The predicted molar refractivity (Wildman–Crippen MR) is 132 cm³/mol. The Hall–Kier alpha value is -3.41. The van der Waals surface area contributed by atoms with Gasteiger partial charge in [-0.05, 0) is 19.1 Å². The van der Waals surface area contributed by atoms with Crippen LogP contribution in [0.3, 0.4) is 0 Å². The molecule has 0 unspecified atom stereocenters. The van der Waals surface area contributed by atoms with Crippen molar-refractivity contribution in [3.63, 3.8) is 0 Å². The van der Waals surface area contributed by atoms with Crippen LogP contribution in [0.25, 0.3) is 0 Å². The van der Waals surface area contributed by atoms with Gasteiger partial charge in [-0.3, -0.25) is 14.5 Å². The van der Waals surface area contributed by atoms with Crippen LogP contribution in [-0.2, 0) is 33.2 Å². The number of hydrogen-bond donors (Lipinski definition) is 0. The Morgan fingerprint density at radius 2 is 1.74 bits per heavy atom. The third-order valence-corrected chi connectivity index (χ3v) is 6.78. The van der Waals surface area contributed by atoms with Crippen LogP contribution in [0.2, 0.25) is 0 Å². The molecule has 0 N–H and O–H groups in total. The molecule has 3 aliphatic heterocycles. The zero-order valence-electron chi connectivity index (χ0n) is 21.1. The van der Waals surface area contributed by atoms with E-state index in [2.05, 4.69) is 6.58 Å². The lowest BCUT2D eigenvalue weighted by Gasteiger charge is -2.51. The van der Waals surface area contributed by atoms with Gasteiger partial charge in [0.2, 0.25) is 0 Å². The van der Waals surface area contributed by atoms with Crippen molar-refractivity contribution in [1.29, 1.82) is 0 Å². The molecule has 10 heteroatoms. The molecule has 0 saturated carbocycles. The van der Waals surface area contributed by atoms with Crippen molar-refractivity contribution in [3.8, 4) is 0 Å². The lowest BCUT2D eigenvalue weighted by Crippen LogP contribution is -2.68. The second kappa shape index (κ2) is 11.1. The van der Waals surface area contributed by atoms with Crippen LogP contribution in [0, 0.1) is 0 Å². The van der Waals surface area contributed by atoms with Crippen molar-refractivity contribution in [2.24, 2.45) is 0 Å². The summed E-state index contributed by atoms with van der Waals surface area (Å²) >= 11 is 0. The Bertz CT molecular complexity index is 1170. The number of esters is 1. The zero-order valence-corrected chi connectivity index (χ0v) is 21.1. The van der Waals surface area contributed by atoms with Crippen LogP contribution < -0.4 is 0 Å². The SMILES string of the molecule is C=CCO[C@@H]1O[C@@H]2CO[C@@H](c3ccccc3)O[C@H]2[C@H](O[C@H](C)C(=O)OC)[C@H]1N1C(=O)c2ccccc2C1=O. The number of methoxy groups -OCH3 is 1. The number of imide groups is 1. The summed E-state index contributed by atoms with van der Waals surface area (Å²) < 4.78 is 35.6. The van der Waals surface area contributed by atoms with Gasteiger partial charge in [0.1, 0.15) is 24.4 Å². The molecule has 0 aliphatic carbocycles. The Balaban J connectivity index is 1.55. The lowest BCUT2D eigenvalue weighted by atomic mass is 9.93. The fourth-order valence-corrected chi connectivity index (χ4v) is 5.00. The Morgan fingerprint density at radius 3 is 2.37 bits per heavy atom. The summed E-state index contributed by atoms with van der Waals surface area (Å²) in [6.07, 6.45) is -3.88. The minimum Gasteiger partial charge on any atom is -0.467 e. The van der Waals surface area contributed by atoms with Gasteiger partial charge < -0.3 is 28.4 Å². The van der Waals surface area contributed by atoms with Gasteiger partial charge >= 0.3 is 5.97 Å². The smallest absolute Gasteiger partial charge is 0.334 e. The third-order valence-electron chi connectivity index (χ3n) is 6.78. The van der Waals surface area contributed by atoms with Crippen molar-refractivity contribution in [3.05, 3.63) is 83.9 Å². The number of hydrogen-bond acceptors (Lipinski definition) is 9. The van der Waals surface area contributed by atoms with Gasteiger partial charge in [0.25, 0.3) is 11.8 Å². The summed E-state index contributed by atoms with van der Waals surface area (Å²) in [6, 6.07) is 14.8. The van der Waals surface area contributed by atoms with Crippen molar-refractivity contribution in [1.82, 2.24) is 4.90 Å². The third kappa shape index (κ3) is 4.77. The number of carbonyl (C=O) groups excluding carboxylic acids is 3. The number of carbonyl (C=O) groups is 3. The first-order valence-electron chi connectivity index (χ1n) is 12.3. The Labute approximate surface area is 220 Å². The Kier molecular flexibility index (Phi) is 7.68. The van der Waals surface area contributed by atoms with E-state index in [1.54, 1.807) is 24.3 Å². The molecule has 10 nitrogen and oxygen atoms in total. The van der Waals surface area contributed by atoms with Crippen LogP contribution >= 0.6 is 0 Å². The number of amides is 2. The van der Waals surface area contributed by atoms with E-state index in [1.165, 1.54) is 20.1 Å². The quantitative estimate of drug-likeness (QED) is 0.293. The molecule has 2 aromatic carbocycles. The number of benzene rings is 2. The van der Waals surface area contributed by atoms with Crippen LogP contribution in [0.5, 0.6) is 0 Å². The molecule has 0 radical (unpaired) electrons. The van der Waals surface area contributed by atoms with Crippen molar-refractivity contribution in [2.45, 2.75) is 50.0 Å². The van der Waals surface area contributed by atoms with Gasteiger partial charge in [-0.1, -0.05) is 48.5 Å². The van der Waals surface area contributed by atoms with Gasteiger partial charge in [0.15, 0.2) is 18.7 Å². The van der Waals surface area contributed by atoms with Gasteiger partial charge in [-0.15, -0.1) is 6.58 Å². The summed E-state index contributed by atoms with van der Waals surface area (Å²) in [7, 11) is 1.25. The monoisotopic (exact) mass is 523 g/mol. The number of rotatable bonds is 8. The van der Waals surface area contributed by atoms with Crippen LogP contribution in [0.1, 0.15) is 39.5 Å². The van der Waals surface area contributed by atoms with Crippen LogP contribution in [-0.4, -0.2) is 79.8 Å². The molecule has 200 valence electrons. The number of fused-ring (bicyclic) bond motifs is 2. The molecule has 3 aliphatic rings. The first-order chi connectivity index (χ1) is 18.4. The fraction of sp³-hybridized carbons (Fsp3) is 0.393. The van der Waals surface area contributed by atoms with Crippen molar-refractivity contribution < 1.29 is 42.8 Å². The van der Waals surface area contributed by atoms with E-state index < -0.39 is 60.8 Å². The van der Waals surface area contributed by atoms with Crippen LogP contribution in [0.15, 0.2) is 67.3 Å². The highest BCUT2D eigenvalue weighted by atomic mass is 16.8. The maximum Gasteiger partial charge on any atom is 0.334 e. The van der Waals surface area contributed by atoms with Gasteiger partial charge in [0.05, 0.1) is 31.5 Å². The minimum atomic E-state index is -1.10. The maximum atomic E-state index is 13.6. The van der Waals surface area contributed by atoms with E-state index >= 15 is 0 Å². The zero-order chi connectivity index (χ0) is 26.8. The molecule has 0 aromatic heterocycles. The molecule has 7 atom stereocenters. The minimum absolute atomic E-state index is 0.0787. The summed E-state index contributed by atoms with van der Waals surface area (Å²) in [5, 5.41) is 0. The molecule has 5 rings (SSSR count). The van der Waals surface area contributed by atoms with Gasteiger partial charge in [0, 0.05) is 5.56 Å². The second-order valence-electron chi connectivity index (χ2n) is 9.12. The normalized spacial score (nSPS) is 29.4. The molecule has 2 aromatic rings. The van der Waals surface area contributed by atoms with Gasteiger partial charge in [-0.25, -0.2) is 4.79 Å². The van der Waals surface area contributed by atoms with E-state index in [1.807, 2.05) is 30.3 Å². The molecular weight excluding hydrogens is 494 g/mol. The van der Waals surface area contributed by atoms with E-state index in [4.69, 9.17) is 28.4 Å². The number of ether oxygens (including phenoxy) is 6. The average Bonchev–Trinajstić information content (AvgIpc) is 3.20. The average molecular weight is 524 g/mol. The molecule has 2 saturated heterocycles. The van der Waals surface area contributed by atoms with E-state index in [9.17, 15) is 14.4 Å². The largest absolute Gasteiger partial charge is 0.467 e. The first-order valence-corrected chi connectivity index (χ1v) is 12.3. The summed E-state index contributed by atoms with van der Waals surface area (Å²) in [5.41, 5.74) is 1.29. The van der Waals surface area contributed by atoms with Gasteiger partial charge in [-0.2, -0.15) is 0 Å². The summed E-state index contributed by atoms with van der Waals surface area (Å²) in [4.78, 5) is 40.6. The Morgan fingerprint density at radius 1 is 1.08 bits per heavy atom.